The lowest BCUT2D eigenvalue weighted by molar-refractivity contribution is 0.400. The number of rotatable bonds is 9. The van der Waals surface area contributed by atoms with E-state index in [9.17, 15) is 0 Å². The normalized spacial score (nSPS) is 12.1. The Bertz CT molecular complexity index is 1580. The number of aromatic nitrogens is 7. The first kappa shape index (κ1) is 24.4. The Kier molecular flexibility index (Phi) is 6.83. The van der Waals surface area contributed by atoms with Crippen molar-refractivity contribution in [2.24, 2.45) is 0 Å². The Morgan fingerprint density at radius 2 is 2.00 bits per heavy atom. The molecule has 8 nitrogen and oxygen atoms in total. The number of H-pyrrole nitrogens is 2. The average Bonchev–Trinajstić information content (AvgIpc) is 3.60. The summed E-state index contributed by atoms with van der Waals surface area (Å²) in [6, 6.07) is 8.56. The average molecular weight is 493 g/mol. The molecule has 0 saturated heterocycles. The van der Waals surface area contributed by atoms with Crippen LogP contribution in [0.3, 0.4) is 0 Å². The van der Waals surface area contributed by atoms with Gasteiger partial charge in [-0.15, -0.1) is 0 Å². The van der Waals surface area contributed by atoms with Crippen molar-refractivity contribution in [1.29, 1.82) is 0 Å². The molecule has 4 heterocycles. The lowest BCUT2D eigenvalue weighted by atomic mass is 10.0. The van der Waals surface area contributed by atoms with Gasteiger partial charge in [0.25, 0.3) is 0 Å². The van der Waals surface area contributed by atoms with Crippen LogP contribution in [0.1, 0.15) is 29.1 Å². The van der Waals surface area contributed by atoms with E-state index in [2.05, 4.69) is 75.0 Å². The number of hydrogen-bond acceptors (Lipinski definition) is 5. The summed E-state index contributed by atoms with van der Waals surface area (Å²) in [5.74, 6) is 0.707. The Morgan fingerprint density at radius 1 is 1.14 bits per heavy atom. The van der Waals surface area contributed by atoms with Crippen LogP contribution in [-0.2, 0) is 6.42 Å². The molecule has 0 fully saturated rings. The number of pyridine rings is 1. The molecule has 5 rings (SSSR count). The van der Waals surface area contributed by atoms with Crippen LogP contribution in [0.5, 0.6) is 0 Å². The molecule has 0 bridgehead atoms. The summed E-state index contributed by atoms with van der Waals surface area (Å²) in [6.07, 6.45) is 13.5. The molecule has 0 radical (unpaired) electrons. The van der Waals surface area contributed by atoms with Crippen LogP contribution in [0.15, 0.2) is 67.9 Å². The molecule has 0 unspecified atom stereocenters. The molecule has 0 amide bonds. The summed E-state index contributed by atoms with van der Waals surface area (Å²) in [7, 11) is 4.20. The fourth-order valence-corrected chi connectivity index (χ4v) is 4.53. The first-order valence-corrected chi connectivity index (χ1v) is 12.4. The highest BCUT2D eigenvalue weighted by Crippen LogP contribution is 2.31. The standard InChI is InChI=1S/C29H32N8/c1-6-8-26(37-17-19(2)31-18-37)27-20(3)32-29(33-27)28-24-14-22(10-11-25(24)34-35-28)23-13-21(15-30-16-23)9-7-12-36(4)5/h6,8,10-11,13-18H,1,7,9,12H2,2-5H3,(H,32,33)(H,34,35)/b26-8+. The quantitative estimate of drug-likeness (QED) is 0.269. The fourth-order valence-electron chi connectivity index (χ4n) is 4.53. The molecule has 5 aromatic rings. The van der Waals surface area contributed by atoms with Gasteiger partial charge in [-0.1, -0.05) is 18.7 Å². The Hall–Kier alpha value is -4.30. The van der Waals surface area contributed by atoms with Crippen LogP contribution >= 0.6 is 0 Å². The van der Waals surface area contributed by atoms with Crippen molar-refractivity contribution >= 4 is 16.6 Å². The SMILES string of the molecule is C=C/C=C(\c1nc(-c2n[nH]c3ccc(-c4cncc(CCCN(C)C)c4)cc23)[nH]c1C)n1cnc(C)c1. The van der Waals surface area contributed by atoms with E-state index >= 15 is 0 Å². The Balaban J connectivity index is 1.50. The summed E-state index contributed by atoms with van der Waals surface area (Å²) in [6.45, 7) is 8.92. The van der Waals surface area contributed by atoms with Gasteiger partial charge in [0.05, 0.1) is 23.2 Å². The zero-order valence-electron chi connectivity index (χ0n) is 21.8. The van der Waals surface area contributed by atoms with Crippen LogP contribution < -0.4 is 0 Å². The third-order valence-electron chi connectivity index (χ3n) is 6.38. The summed E-state index contributed by atoms with van der Waals surface area (Å²) >= 11 is 0. The smallest absolute Gasteiger partial charge is 0.159 e. The lowest BCUT2D eigenvalue weighted by Gasteiger charge is -2.09. The molecule has 4 aromatic heterocycles. The van der Waals surface area contributed by atoms with Gasteiger partial charge in [-0.05, 0) is 82.7 Å². The van der Waals surface area contributed by atoms with E-state index in [1.807, 2.05) is 43.1 Å². The summed E-state index contributed by atoms with van der Waals surface area (Å²) in [5.41, 5.74) is 8.78. The minimum atomic E-state index is 0.707. The van der Waals surface area contributed by atoms with Gasteiger partial charge in [-0.3, -0.25) is 10.1 Å². The Labute approximate surface area is 216 Å². The first-order chi connectivity index (χ1) is 17.9. The van der Waals surface area contributed by atoms with Crippen molar-refractivity contribution in [3.8, 4) is 22.6 Å². The van der Waals surface area contributed by atoms with Gasteiger partial charge >= 0.3 is 0 Å². The number of fused-ring (bicyclic) bond motifs is 1. The van der Waals surface area contributed by atoms with Crippen LogP contribution in [0, 0.1) is 13.8 Å². The van der Waals surface area contributed by atoms with E-state index in [4.69, 9.17) is 4.98 Å². The van der Waals surface area contributed by atoms with E-state index in [0.717, 1.165) is 69.9 Å². The molecule has 0 spiro atoms. The maximum absolute atomic E-state index is 4.95. The predicted molar refractivity (Wildman–Crippen MR) is 149 cm³/mol. The zero-order valence-corrected chi connectivity index (χ0v) is 21.8. The van der Waals surface area contributed by atoms with Crippen molar-refractivity contribution in [2.45, 2.75) is 26.7 Å². The Morgan fingerprint density at radius 3 is 2.76 bits per heavy atom. The van der Waals surface area contributed by atoms with Crippen LogP contribution in [0.2, 0.25) is 0 Å². The molecule has 0 aliphatic carbocycles. The number of imidazole rings is 2. The highest BCUT2D eigenvalue weighted by Gasteiger charge is 2.18. The fraction of sp³-hybridized carbons (Fsp3) is 0.241. The van der Waals surface area contributed by atoms with Gasteiger partial charge in [0.15, 0.2) is 5.82 Å². The predicted octanol–water partition coefficient (Wildman–Crippen LogP) is 5.40. The second-order valence-electron chi connectivity index (χ2n) is 9.59. The number of aryl methyl sites for hydroxylation is 3. The van der Waals surface area contributed by atoms with Crippen LogP contribution in [-0.4, -0.2) is 60.2 Å². The van der Waals surface area contributed by atoms with E-state index in [1.165, 1.54) is 5.56 Å². The number of nitrogens with zero attached hydrogens (tertiary/aromatic N) is 6. The molecular formula is C29H32N8. The molecule has 0 aliphatic rings. The topological polar surface area (TPSA) is 91.3 Å². The minimum Gasteiger partial charge on any atom is -0.340 e. The molecule has 0 atom stereocenters. The number of allylic oxidation sites excluding steroid dienone is 2. The van der Waals surface area contributed by atoms with Crippen molar-refractivity contribution in [1.82, 2.24) is 39.6 Å². The van der Waals surface area contributed by atoms with Gasteiger partial charge in [-0.25, -0.2) is 9.97 Å². The van der Waals surface area contributed by atoms with Gasteiger partial charge in [0.2, 0.25) is 0 Å². The molecular weight excluding hydrogens is 460 g/mol. The minimum absolute atomic E-state index is 0.707. The van der Waals surface area contributed by atoms with E-state index in [-0.39, 0.29) is 0 Å². The van der Waals surface area contributed by atoms with Crippen molar-refractivity contribution in [3.63, 3.8) is 0 Å². The number of nitrogens with one attached hydrogen (secondary N) is 2. The molecule has 2 N–H and O–H groups in total. The summed E-state index contributed by atoms with van der Waals surface area (Å²) in [5, 5.41) is 8.77. The highest BCUT2D eigenvalue weighted by atomic mass is 15.1. The van der Waals surface area contributed by atoms with Gasteiger partial charge in [0, 0.05) is 35.2 Å². The van der Waals surface area contributed by atoms with Crippen molar-refractivity contribution < 1.29 is 0 Å². The van der Waals surface area contributed by atoms with Crippen LogP contribution in [0.25, 0.3) is 39.2 Å². The van der Waals surface area contributed by atoms with E-state index in [1.54, 1.807) is 12.4 Å². The summed E-state index contributed by atoms with van der Waals surface area (Å²) < 4.78 is 1.96. The third-order valence-corrected chi connectivity index (χ3v) is 6.38. The largest absolute Gasteiger partial charge is 0.340 e. The number of benzene rings is 1. The summed E-state index contributed by atoms with van der Waals surface area (Å²) in [4.78, 5) is 19.5. The molecule has 0 saturated carbocycles. The van der Waals surface area contributed by atoms with Gasteiger partial charge < -0.3 is 14.5 Å². The maximum atomic E-state index is 4.95. The molecule has 8 heteroatoms. The zero-order chi connectivity index (χ0) is 25.9. The number of hydrogen-bond donors (Lipinski definition) is 2. The molecule has 1 aromatic carbocycles. The van der Waals surface area contributed by atoms with Gasteiger partial charge in [-0.2, -0.15) is 5.10 Å². The molecule has 188 valence electrons. The van der Waals surface area contributed by atoms with Crippen LogP contribution in [0.4, 0.5) is 0 Å². The number of aromatic amines is 2. The van der Waals surface area contributed by atoms with E-state index in [0.29, 0.717) is 5.82 Å². The second kappa shape index (κ2) is 10.4. The third kappa shape index (κ3) is 5.15. The molecule has 0 aliphatic heterocycles. The van der Waals surface area contributed by atoms with Crippen molar-refractivity contribution in [2.75, 3.05) is 20.6 Å². The molecule has 37 heavy (non-hydrogen) atoms. The first-order valence-electron chi connectivity index (χ1n) is 12.4. The lowest BCUT2D eigenvalue weighted by Crippen LogP contribution is -2.13. The highest BCUT2D eigenvalue weighted by molar-refractivity contribution is 5.94. The van der Waals surface area contributed by atoms with E-state index < -0.39 is 0 Å². The maximum Gasteiger partial charge on any atom is 0.159 e. The van der Waals surface area contributed by atoms with Crippen molar-refractivity contribution in [3.05, 3.63) is 90.6 Å². The van der Waals surface area contributed by atoms with Gasteiger partial charge in [0.1, 0.15) is 11.4 Å². The second-order valence-corrected chi connectivity index (χ2v) is 9.59. The monoisotopic (exact) mass is 492 g/mol.